The highest BCUT2D eigenvalue weighted by Gasteiger charge is 2.25. The first kappa shape index (κ1) is 17.6. The predicted octanol–water partition coefficient (Wildman–Crippen LogP) is 3.21. The van der Waals surface area contributed by atoms with Crippen LogP contribution in [0.25, 0.3) is 22.4 Å². The number of rotatable bonds is 3. The lowest BCUT2D eigenvalue weighted by molar-refractivity contribution is 0.0921. The van der Waals surface area contributed by atoms with E-state index in [1.807, 2.05) is 0 Å². The van der Waals surface area contributed by atoms with Gasteiger partial charge in [-0.2, -0.15) is 0 Å². The van der Waals surface area contributed by atoms with Gasteiger partial charge >= 0.3 is 0 Å². The Balaban J connectivity index is 1.74. The molecule has 1 saturated heterocycles. The maximum atomic E-state index is 13.2. The zero-order valence-corrected chi connectivity index (χ0v) is 15.3. The van der Waals surface area contributed by atoms with E-state index in [0.717, 1.165) is 19.4 Å². The fourth-order valence-electron chi connectivity index (χ4n) is 3.53. The molecule has 2 atom stereocenters. The van der Waals surface area contributed by atoms with Crippen LogP contribution in [-0.4, -0.2) is 34.7 Å². The minimum absolute atomic E-state index is 0.0592. The third-order valence-corrected chi connectivity index (χ3v) is 5.08. The molecule has 3 heterocycles. The quantitative estimate of drug-likeness (QED) is 0.742. The highest BCUT2D eigenvalue weighted by molar-refractivity contribution is 6.07. The number of benzene rings is 1. The number of nitrogens with zero attached hydrogens (tertiary/aromatic N) is 2. The van der Waals surface area contributed by atoms with Crippen LogP contribution in [0.3, 0.4) is 0 Å². The van der Waals surface area contributed by atoms with Crippen LogP contribution in [0.1, 0.15) is 35.8 Å². The molecule has 1 aliphatic rings. The topological polar surface area (TPSA) is 80.0 Å². The molecule has 140 valence electrons. The van der Waals surface area contributed by atoms with Gasteiger partial charge in [0.15, 0.2) is 0 Å². The molecule has 0 radical (unpaired) electrons. The Kier molecular flexibility index (Phi) is 4.61. The normalized spacial score (nSPS) is 20.0. The van der Waals surface area contributed by atoms with Crippen molar-refractivity contribution in [2.24, 2.45) is 0 Å². The lowest BCUT2D eigenvalue weighted by atomic mass is 9.98. The van der Waals surface area contributed by atoms with Gasteiger partial charge in [-0.1, -0.05) is 5.16 Å². The Morgan fingerprint density at radius 3 is 2.85 bits per heavy atom. The summed E-state index contributed by atoms with van der Waals surface area (Å²) in [6.07, 6.45) is 1.95. The number of amides is 1. The molecule has 3 aromatic rings. The van der Waals surface area contributed by atoms with Gasteiger partial charge in [0.25, 0.3) is 11.6 Å². The van der Waals surface area contributed by atoms with Crippen LogP contribution in [0.2, 0.25) is 0 Å². The van der Waals surface area contributed by atoms with Gasteiger partial charge in [-0.3, -0.25) is 4.79 Å². The van der Waals surface area contributed by atoms with Crippen LogP contribution in [0.15, 0.2) is 34.9 Å². The molecule has 0 aliphatic carbocycles. The average Bonchev–Trinajstić information content (AvgIpc) is 3.04. The van der Waals surface area contributed by atoms with Crippen molar-refractivity contribution in [3.05, 3.63) is 47.4 Å². The average molecular weight is 368 g/mol. The van der Waals surface area contributed by atoms with Crippen LogP contribution >= 0.6 is 0 Å². The first-order chi connectivity index (χ1) is 13.0. The number of hydrogen-bond acceptors (Lipinski definition) is 5. The number of fused-ring (bicyclic) bond motifs is 1. The van der Waals surface area contributed by atoms with E-state index in [4.69, 9.17) is 4.52 Å². The Hall–Kier alpha value is -2.80. The van der Waals surface area contributed by atoms with Crippen LogP contribution in [0.5, 0.6) is 0 Å². The van der Waals surface area contributed by atoms with E-state index in [1.54, 1.807) is 25.1 Å². The molecule has 7 heteroatoms. The van der Waals surface area contributed by atoms with Crippen molar-refractivity contribution < 1.29 is 13.7 Å². The van der Waals surface area contributed by atoms with Gasteiger partial charge in [-0.05, 0) is 63.6 Å². The Bertz CT molecular complexity index is 984. The highest BCUT2D eigenvalue weighted by Crippen LogP contribution is 2.27. The van der Waals surface area contributed by atoms with Gasteiger partial charge in [-0.25, -0.2) is 9.37 Å². The number of piperidine rings is 1. The summed E-state index contributed by atoms with van der Waals surface area (Å²) in [4.78, 5) is 17.5. The molecule has 2 unspecified atom stereocenters. The van der Waals surface area contributed by atoms with E-state index in [-0.39, 0.29) is 23.8 Å². The third kappa shape index (κ3) is 3.42. The van der Waals surface area contributed by atoms with Crippen molar-refractivity contribution in [2.75, 3.05) is 6.54 Å². The van der Waals surface area contributed by atoms with E-state index >= 15 is 0 Å². The number of pyridine rings is 1. The lowest BCUT2D eigenvalue weighted by Crippen LogP contribution is -2.51. The van der Waals surface area contributed by atoms with E-state index in [2.05, 4.69) is 27.7 Å². The molecule has 27 heavy (non-hydrogen) atoms. The van der Waals surface area contributed by atoms with Crippen molar-refractivity contribution in [3.63, 3.8) is 0 Å². The zero-order chi connectivity index (χ0) is 19.0. The second-order valence-electron chi connectivity index (χ2n) is 6.98. The monoisotopic (exact) mass is 368 g/mol. The maximum Gasteiger partial charge on any atom is 0.259 e. The minimum Gasteiger partial charge on any atom is -0.348 e. The summed E-state index contributed by atoms with van der Waals surface area (Å²) in [7, 11) is 0. The molecule has 2 N–H and O–H groups in total. The summed E-state index contributed by atoms with van der Waals surface area (Å²) in [6, 6.07) is 7.97. The molecular formula is C20H21FN4O2. The van der Waals surface area contributed by atoms with Crippen molar-refractivity contribution >= 4 is 17.0 Å². The molecule has 1 aromatic carbocycles. The smallest absolute Gasteiger partial charge is 0.259 e. The number of carbonyl (C=O) groups is 1. The van der Waals surface area contributed by atoms with Crippen molar-refractivity contribution in [1.29, 1.82) is 0 Å². The number of hydrogen-bond donors (Lipinski definition) is 2. The Labute approximate surface area is 156 Å². The van der Waals surface area contributed by atoms with Gasteiger partial charge in [-0.15, -0.1) is 0 Å². The molecule has 6 nitrogen and oxygen atoms in total. The molecule has 0 saturated carbocycles. The lowest BCUT2D eigenvalue weighted by Gasteiger charge is -2.30. The summed E-state index contributed by atoms with van der Waals surface area (Å²) in [6.45, 7) is 4.82. The molecule has 0 bridgehead atoms. The summed E-state index contributed by atoms with van der Waals surface area (Å²) in [5.74, 6) is -0.510. The molecular weight excluding hydrogens is 347 g/mol. The van der Waals surface area contributed by atoms with E-state index < -0.39 is 0 Å². The fourth-order valence-corrected chi connectivity index (χ4v) is 3.53. The number of halogens is 1. The van der Waals surface area contributed by atoms with E-state index in [0.29, 0.717) is 33.6 Å². The van der Waals surface area contributed by atoms with Crippen LogP contribution < -0.4 is 10.6 Å². The number of nitrogens with one attached hydrogen (secondary N) is 2. The van der Waals surface area contributed by atoms with Crippen molar-refractivity contribution in [2.45, 2.75) is 38.8 Å². The molecule has 1 fully saturated rings. The second kappa shape index (κ2) is 7.08. The Morgan fingerprint density at radius 2 is 2.11 bits per heavy atom. The molecule has 1 aliphatic heterocycles. The first-order valence-corrected chi connectivity index (χ1v) is 9.10. The first-order valence-electron chi connectivity index (χ1n) is 9.10. The van der Waals surface area contributed by atoms with Crippen LogP contribution in [0.4, 0.5) is 4.39 Å². The van der Waals surface area contributed by atoms with Crippen LogP contribution in [-0.2, 0) is 0 Å². The Morgan fingerprint density at radius 1 is 1.33 bits per heavy atom. The van der Waals surface area contributed by atoms with Crippen molar-refractivity contribution in [1.82, 2.24) is 20.8 Å². The molecule has 2 aromatic heterocycles. The van der Waals surface area contributed by atoms with Gasteiger partial charge in [0.05, 0.1) is 22.3 Å². The van der Waals surface area contributed by atoms with E-state index in [1.165, 1.54) is 12.1 Å². The largest absolute Gasteiger partial charge is 0.348 e. The second-order valence-corrected chi connectivity index (χ2v) is 6.98. The molecule has 1 amide bonds. The van der Waals surface area contributed by atoms with E-state index in [9.17, 15) is 9.18 Å². The predicted molar refractivity (Wildman–Crippen MR) is 99.9 cm³/mol. The fraction of sp³-hybridized carbons (Fsp3) is 0.350. The molecule has 0 spiro atoms. The number of aryl methyl sites for hydroxylation is 1. The van der Waals surface area contributed by atoms with Gasteiger partial charge in [0.2, 0.25) is 0 Å². The highest BCUT2D eigenvalue weighted by atomic mass is 19.1. The summed E-state index contributed by atoms with van der Waals surface area (Å²) >= 11 is 0. The third-order valence-electron chi connectivity index (χ3n) is 5.08. The minimum atomic E-state index is -0.327. The summed E-state index contributed by atoms with van der Waals surface area (Å²) in [5, 5.41) is 11.1. The number of carbonyl (C=O) groups excluding carboxylic acids is 1. The zero-order valence-electron chi connectivity index (χ0n) is 15.3. The van der Waals surface area contributed by atoms with Gasteiger partial charge in [0.1, 0.15) is 5.82 Å². The summed E-state index contributed by atoms with van der Waals surface area (Å²) < 4.78 is 18.6. The van der Waals surface area contributed by atoms with Crippen LogP contribution in [0, 0.1) is 12.7 Å². The SMILES string of the molecule is Cc1noc2nc(-c3ccc(F)cc3)cc(C(=O)NC3CCCNC3C)c12. The molecule has 4 rings (SSSR count). The standard InChI is InChI=1S/C20H21FN4O2/c1-11-16(4-3-9-22-11)23-19(26)15-10-17(13-5-7-14(21)8-6-13)24-20-18(15)12(2)25-27-20/h5-8,10-11,16,22H,3-4,9H2,1-2H3,(H,23,26). The van der Waals surface area contributed by atoms with Gasteiger partial charge < -0.3 is 15.2 Å². The van der Waals surface area contributed by atoms with Crippen molar-refractivity contribution in [3.8, 4) is 11.3 Å². The maximum absolute atomic E-state index is 13.2. The number of aromatic nitrogens is 2. The van der Waals surface area contributed by atoms with Gasteiger partial charge in [0, 0.05) is 17.6 Å². The summed E-state index contributed by atoms with van der Waals surface area (Å²) in [5.41, 5.74) is 2.63.